The van der Waals surface area contributed by atoms with Crippen LogP contribution in [0.2, 0.25) is 0 Å². The maximum absolute atomic E-state index is 12.9. The molecule has 0 amide bonds. The number of anilines is 1. The zero-order chi connectivity index (χ0) is 20.3. The highest BCUT2D eigenvalue weighted by Crippen LogP contribution is 2.23. The third-order valence-corrected chi connectivity index (χ3v) is 6.73. The average Bonchev–Trinajstić information content (AvgIpc) is 3.16. The van der Waals surface area contributed by atoms with Crippen LogP contribution in [0.4, 0.5) is 9.52 Å². The third-order valence-electron chi connectivity index (χ3n) is 3.96. The van der Waals surface area contributed by atoms with Crippen LogP contribution in [0.25, 0.3) is 0 Å². The molecule has 28 heavy (non-hydrogen) atoms. The van der Waals surface area contributed by atoms with Gasteiger partial charge in [-0.05, 0) is 29.8 Å². The summed E-state index contributed by atoms with van der Waals surface area (Å²) in [5.41, 5.74) is 1.16. The van der Waals surface area contributed by atoms with Gasteiger partial charge in [0.2, 0.25) is 15.8 Å². The molecule has 1 aromatic heterocycles. The van der Waals surface area contributed by atoms with Crippen LogP contribution >= 0.6 is 11.3 Å². The number of sulfonamides is 1. The lowest BCUT2D eigenvalue weighted by atomic mass is 10.1. The predicted molar refractivity (Wildman–Crippen MR) is 107 cm³/mol. The van der Waals surface area contributed by atoms with Gasteiger partial charge in [-0.25, -0.2) is 22.1 Å². The molecule has 0 fully saturated rings. The zero-order valence-electron chi connectivity index (χ0n) is 15.2. The smallest absolute Gasteiger partial charge is 0.242 e. The fraction of sp³-hybridized carbons (Fsp3) is 0.158. The second kappa shape index (κ2) is 8.17. The highest BCUT2D eigenvalue weighted by molar-refractivity contribution is 7.89. The van der Waals surface area contributed by atoms with Crippen LogP contribution in [0.5, 0.6) is 0 Å². The van der Waals surface area contributed by atoms with Crippen LogP contribution in [0, 0.1) is 5.82 Å². The third kappa shape index (κ3) is 4.44. The molecule has 0 radical (unpaired) electrons. The molecule has 0 bridgehead atoms. The van der Waals surface area contributed by atoms with Crippen LogP contribution in [-0.4, -0.2) is 37.6 Å². The fourth-order valence-electron chi connectivity index (χ4n) is 2.39. The maximum Gasteiger partial charge on any atom is 0.242 e. The number of nitrogens with one attached hydrogen (secondary N) is 1. The average molecular weight is 420 g/mol. The van der Waals surface area contributed by atoms with Crippen molar-refractivity contribution in [1.29, 1.82) is 0 Å². The summed E-state index contributed by atoms with van der Waals surface area (Å²) in [5, 5.41) is 3.63. The van der Waals surface area contributed by atoms with Crippen LogP contribution in [0.15, 0.2) is 59.6 Å². The standard InChI is InChI=1S/C19H18FN3O3S2/c1-23(2)28(25,26)16-5-3-4-14(10-16)18(24)17-12-22-19(27-17)21-11-13-6-8-15(20)9-7-13/h3-10,12H,11H2,1-2H3,(H,21,22). The van der Waals surface area contributed by atoms with Gasteiger partial charge in [0.15, 0.2) is 5.13 Å². The van der Waals surface area contributed by atoms with E-state index in [1.54, 1.807) is 24.3 Å². The summed E-state index contributed by atoms with van der Waals surface area (Å²) in [5.74, 6) is -0.604. The largest absolute Gasteiger partial charge is 0.357 e. The Morgan fingerprint density at radius 2 is 1.89 bits per heavy atom. The summed E-state index contributed by atoms with van der Waals surface area (Å²) in [6.45, 7) is 0.442. The van der Waals surface area contributed by atoms with Crippen molar-refractivity contribution >= 4 is 32.3 Å². The molecule has 3 rings (SSSR count). The second-order valence-electron chi connectivity index (χ2n) is 6.15. The van der Waals surface area contributed by atoms with Crippen LogP contribution < -0.4 is 5.32 Å². The molecule has 0 aliphatic rings. The number of aromatic nitrogens is 1. The number of benzene rings is 2. The minimum atomic E-state index is -3.62. The van der Waals surface area contributed by atoms with Gasteiger partial charge in [0.05, 0.1) is 16.0 Å². The van der Waals surface area contributed by atoms with Crippen molar-refractivity contribution in [2.75, 3.05) is 19.4 Å². The lowest BCUT2D eigenvalue weighted by Crippen LogP contribution is -2.22. The van der Waals surface area contributed by atoms with E-state index in [9.17, 15) is 17.6 Å². The first-order chi connectivity index (χ1) is 13.3. The van der Waals surface area contributed by atoms with Crippen molar-refractivity contribution in [3.8, 4) is 0 Å². The molecule has 0 aliphatic carbocycles. The van der Waals surface area contributed by atoms with E-state index >= 15 is 0 Å². The Kier molecular flexibility index (Phi) is 5.87. The Morgan fingerprint density at radius 3 is 2.57 bits per heavy atom. The number of hydrogen-bond donors (Lipinski definition) is 1. The fourth-order valence-corrected chi connectivity index (χ4v) is 4.11. The van der Waals surface area contributed by atoms with Gasteiger partial charge in [0.1, 0.15) is 5.82 Å². The van der Waals surface area contributed by atoms with E-state index in [2.05, 4.69) is 10.3 Å². The topological polar surface area (TPSA) is 79.4 Å². The van der Waals surface area contributed by atoms with Crippen molar-refractivity contribution in [3.63, 3.8) is 0 Å². The Balaban J connectivity index is 1.74. The quantitative estimate of drug-likeness (QED) is 0.594. The van der Waals surface area contributed by atoms with Crippen molar-refractivity contribution in [2.45, 2.75) is 11.4 Å². The van der Waals surface area contributed by atoms with Gasteiger partial charge in [-0.15, -0.1) is 0 Å². The van der Waals surface area contributed by atoms with Gasteiger partial charge in [-0.2, -0.15) is 0 Å². The molecule has 1 heterocycles. The molecular weight excluding hydrogens is 401 g/mol. The number of rotatable bonds is 7. The minimum absolute atomic E-state index is 0.0579. The molecule has 0 atom stereocenters. The summed E-state index contributed by atoms with van der Waals surface area (Å²) in [6, 6.07) is 12.0. The Labute approximate surface area is 166 Å². The number of halogens is 1. The summed E-state index contributed by atoms with van der Waals surface area (Å²) in [4.78, 5) is 17.3. The normalized spacial score (nSPS) is 11.6. The zero-order valence-corrected chi connectivity index (χ0v) is 16.8. The monoisotopic (exact) mass is 419 g/mol. The highest BCUT2D eigenvalue weighted by atomic mass is 32.2. The second-order valence-corrected chi connectivity index (χ2v) is 9.34. The van der Waals surface area contributed by atoms with Crippen molar-refractivity contribution in [2.24, 2.45) is 0 Å². The first kappa shape index (κ1) is 20.1. The Hall–Kier alpha value is -2.62. The van der Waals surface area contributed by atoms with Crippen LogP contribution in [0.1, 0.15) is 20.8 Å². The SMILES string of the molecule is CN(C)S(=O)(=O)c1cccc(C(=O)c2cnc(NCc3ccc(F)cc3)s2)c1. The summed E-state index contributed by atoms with van der Waals surface area (Å²) in [7, 11) is -0.749. The van der Waals surface area contributed by atoms with Crippen molar-refractivity contribution in [3.05, 3.63) is 76.5 Å². The first-order valence-corrected chi connectivity index (χ1v) is 10.5. The molecule has 3 aromatic rings. The van der Waals surface area contributed by atoms with E-state index in [1.807, 2.05) is 0 Å². The van der Waals surface area contributed by atoms with Crippen LogP contribution in [-0.2, 0) is 16.6 Å². The molecule has 0 saturated heterocycles. The number of nitrogens with zero attached hydrogens (tertiary/aromatic N) is 2. The van der Waals surface area contributed by atoms with E-state index in [4.69, 9.17) is 0 Å². The first-order valence-electron chi connectivity index (χ1n) is 8.29. The van der Waals surface area contributed by atoms with Gasteiger partial charge >= 0.3 is 0 Å². The number of thiazole rings is 1. The molecule has 2 aromatic carbocycles. The molecule has 146 valence electrons. The Bertz CT molecular complexity index is 1090. The van der Waals surface area contributed by atoms with Gasteiger partial charge in [-0.3, -0.25) is 4.79 Å². The van der Waals surface area contributed by atoms with E-state index in [1.165, 1.54) is 55.9 Å². The summed E-state index contributed by atoms with van der Waals surface area (Å²) in [6.07, 6.45) is 1.45. The highest BCUT2D eigenvalue weighted by Gasteiger charge is 2.20. The molecule has 9 heteroatoms. The maximum atomic E-state index is 12.9. The van der Waals surface area contributed by atoms with Crippen LogP contribution in [0.3, 0.4) is 0 Å². The van der Waals surface area contributed by atoms with E-state index in [0.29, 0.717) is 16.6 Å². The number of carbonyl (C=O) groups is 1. The Morgan fingerprint density at radius 1 is 1.18 bits per heavy atom. The lowest BCUT2D eigenvalue weighted by molar-refractivity contribution is 0.104. The predicted octanol–water partition coefficient (Wildman–Crippen LogP) is 3.38. The van der Waals surface area contributed by atoms with Gasteiger partial charge in [0, 0.05) is 26.2 Å². The van der Waals surface area contributed by atoms with Crippen molar-refractivity contribution < 1.29 is 17.6 Å². The molecule has 6 nitrogen and oxygen atoms in total. The molecule has 0 aliphatic heterocycles. The van der Waals surface area contributed by atoms with E-state index in [0.717, 1.165) is 9.87 Å². The molecule has 0 unspecified atom stereocenters. The van der Waals surface area contributed by atoms with E-state index in [-0.39, 0.29) is 22.1 Å². The number of carbonyl (C=O) groups excluding carboxylic acids is 1. The number of ketones is 1. The van der Waals surface area contributed by atoms with Gasteiger partial charge in [-0.1, -0.05) is 35.6 Å². The summed E-state index contributed by atoms with van der Waals surface area (Å²) >= 11 is 1.17. The van der Waals surface area contributed by atoms with Gasteiger partial charge in [0.25, 0.3) is 0 Å². The lowest BCUT2D eigenvalue weighted by Gasteiger charge is -2.11. The van der Waals surface area contributed by atoms with E-state index < -0.39 is 10.0 Å². The van der Waals surface area contributed by atoms with Gasteiger partial charge < -0.3 is 5.32 Å². The molecule has 0 saturated carbocycles. The summed E-state index contributed by atoms with van der Waals surface area (Å²) < 4.78 is 38.6. The molecule has 0 spiro atoms. The molecule has 1 N–H and O–H groups in total. The minimum Gasteiger partial charge on any atom is -0.357 e. The van der Waals surface area contributed by atoms with Crippen molar-refractivity contribution in [1.82, 2.24) is 9.29 Å². The molecular formula is C19H18FN3O3S2. The number of hydrogen-bond acceptors (Lipinski definition) is 6.